The summed E-state index contributed by atoms with van der Waals surface area (Å²) in [5.74, 6) is -0.306. The molecule has 0 saturated heterocycles. The molecule has 0 atom stereocenters. The van der Waals surface area contributed by atoms with Crippen LogP contribution in [0, 0.1) is 0 Å². The van der Waals surface area contributed by atoms with Gasteiger partial charge >= 0.3 is 5.97 Å². The van der Waals surface area contributed by atoms with Gasteiger partial charge in [0.25, 0.3) is 0 Å². The van der Waals surface area contributed by atoms with Gasteiger partial charge in [0.05, 0.1) is 27.1 Å². The fourth-order valence-electron chi connectivity index (χ4n) is 3.16. The van der Waals surface area contributed by atoms with Crippen molar-refractivity contribution < 1.29 is 23.1 Å². The second-order valence-corrected chi connectivity index (χ2v) is 8.30. The SMILES string of the molecule is C=C(C)C(=O)OCC[N+](C)(C)CCC[n+]1ccc(-c2cc[n+](CCC)cc2)cc1. The van der Waals surface area contributed by atoms with Crippen LogP contribution in [0.25, 0.3) is 11.1 Å². The largest absolute Gasteiger partial charge is 0.456 e. The molecular weight excluding hydrogens is 362 g/mol. The molecular formula is C24H36N3O2+3. The molecule has 0 saturated carbocycles. The molecule has 0 amide bonds. The van der Waals surface area contributed by atoms with Crippen molar-refractivity contribution in [3.8, 4) is 11.1 Å². The number of quaternary nitrogens is 1. The summed E-state index contributed by atoms with van der Waals surface area (Å²) in [4.78, 5) is 11.5. The molecule has 29 heavy (non-hydrogen) atoms. The fraction of sp³-hybridized carbons (Fsp3) is 0.458. The summed E-state index contributed by atoms with van der Waals surface area (Å²) in [6.45, 7) is 11.7. The minimum absolute atomic E-state index is 0.306. The number of hydrogen-bond acceptors (Lipinski definition) is 2. The van der Waals surface area contributed by atoms with Gasteiger partial charge in [0.15, 0.2) is 31.3 Å². The van der Waals surface area contributed by atoms with Crippen LogP contribution in [-0.2, 0) is 22.6 Å². The molecule has 2 aromatic heterocycles. The van der Waals surface area contributed by atoms with Crippen molar-refractivity contribution in [1.29, 1.82) is 0 Å². The Balaban J connectivity index is 1.79. The van der Waals surface area contributed by atoms with Gasteiger partial charge in [0, 0.05) is 36.3 Å². The number of carbonyl (C=O) groups is 1. The van der Waals surface area contributed by atoms with E-state index in [0.29, 0.717) is 12.2 Å². The van der Waals surface area contributed by atoms with Crippen LogP contribution in [0.15, 0.2) is 61.2 Å². The third-order valence-corrected chi connectivity index (χ3v) is 5.06. The third kappa shape index (κ3) is 7.78. The standard InChI is InChI=1S/C24H36N3O2/c1-6-12-25-14-8-22(9-15-25)23-10-16-26(17-11-23)13-7-18-27(4,5)19-20-29-24(28)21(2)3/h8-11,14-17H,2,6-7,12-13,18-20H2,1,3-5H3/q+3. The van der Waals surface area contributed by atoms with Crippen LogP contribution < -0.4 is 9.13 Å². The van der Waals surface area contributed by atoms with Crippen molar-refractivity contribution in [1.82, 2.24) is 0 Å². The van der Waals surface area contributed by atoms with Gasteiger partial charge in [-0.3, -0.25) is 0 Å². The molecule has 0 aliphatic rings. The van der Waals surface area contributed by atoms with Crippen LogP contribution in [0.1, 0.15) is 26.7 Å². The van der Waals surface area contributed by atoms with Crippen molar-refractivity contribution in [2.45, 2.75) is 39.8 Å². The van der Waals surface area contributed by atoms with E-state index in [1.807, 2.05) is 0 Å². The van der Waals surface area contributed by atoms with Gasteiger partial charge in [0.1, 0.15) is 19.7 Å². The molecule has 2 heterocycles. The van der Waals surface area contributed by atoms with E-state index in [1.54, 1.807) is 6.92 Å². The Morgan fingerprint density at radius 1 is 0.966 bits per heavy atom. The van der Waals surface area contributed by atoms with E-state index in [0.717, 1.165) is 43.5 Å². The monoisotopic (exact) mass is 398 g/mol. The highest BCUT2D eigenvalue weighted by Gasteiger charge is 2.17. The zero-order valence-electron chi connectivity index (χ0n) is 18.4. The number of esters is 1. The molecule has 2 rings (SSSR count). The average Bonchev–Trinajstić information content (AvgIpc) is 2.69. The second-order valence-electron chi connectivity index (χ2n) is 8.30. The van der Waals surface area contributed by atoms with Gasteiger partial charge in [-0.2, -0.15) is 0 Å². The lowest BCUT2D eigenvalue weighted by Crippen LogP contribution is -2.45. The Labute approximate surface area is 175 Å². The maximum absolute atomic E-state index is 11.5. The summed E-state index contributed by atoms with van der Waals surface area (Å²) in [6, 6.07) is 8.71. The van der Waals surface area contributed by atoms with E-state index in [1.165, 1.54) is 11.1 Å². The minimum Gasteiger partial charge on any atom is -0.456 e. The highest BCUT2D eigenvalue weighted by Crippen LogP contribution is 2.15. The van der Waals surface area contributed by atoms with Gasteiger partial charge in [0.2, 0.25) is 0 Å². The predicted molar refractivity (Wildman–Crippen MR) is 115 cm³/mol. The fourth-order valence-corrected chi connectivity index (χ4v) is 3.16. The summed E-state index contributed by atoms with van der Waals surface area (Å²) >= 11 is 0. The maximum Gasteiger partial charge on any atom is 0.333 e. The highest BCUT2D eigenvalue weighted by atomic mass is 16.5. The third-order valence-electron chi connectivity index (χ3n) is 5.06. The van der Waals surface area contributed by atoms with E-state index in [9.17, 15) is 4.79 Å². The summed E-state index contributed by atoms with van der Waals surface area (Å²) in [6.07, 6.45) is 10.8. The van der Waals surface area contributed by atoms with Gasteiger partial charge in [-0.1, -0.05) is 13.5 Å². The molecule has 0 spiro atoms. The topological polar surface area (TPSA) is 34.1 Å². The van der Waals surface area contributed by atoms with Gasteiger partial charge in [-0.15, -0.1) is 0 Å². The molecule has 2 aromatic rings. The first-order chi connectivity index (χ1) is 13.8. The molecule has 0 radical (unpaired) electrons. The second kappa shape index (κ2) is 10.9. The van der Waals surface area contributed by atoms with Crippen molar-refractivity contribution in [3.63, 3.8) is 0 Å². The highest BCUT2D eigenvalue weighted by molar-refractivity contribution is 5.86. The minimum atomic E-state index is -0.306. The van der Waals surface area contributed by atoms with E-state index in [4.69, 9.17) is 4.74 Å². The van der Waals surface area contributed by atoms with Crippen LogP contribution in [0.2, 0.25) is 0 Å². The zero-order chi connectivity index (χ0) is 21.3. The number of aryl methyl sites for hydroxylation is 2. The molecule has 5 heteroatoms. The first-order valence-electron chi connectivity index (χ1n) is 10.4. The molecule has 0 aliphatic heterocycles. The van der Waals surface area contributed by atoms with E-state index < -0.39 is 0 Å². The normalized spacial score (nSPS) is 11.3. The maximum atomic E-state index is 11.5. The Morgan fingerprint density at radius 3 is 1.97 bits per heavy atom. The Morgan fingerprint density at radius 2 is 1.48 bits per heavy atom. The van der Waals surface area contributed by atoms with Gasteiger partial charge in [-0.25, -0.2) is 13.9 Å². The van der Waals surface area contributed by atoms with Crippen molar-refractivity contribution >= 4 is 5.97 Å². The molecule has 0 aromatic carbocycles. The van der Waals surface area contributed by atoms with E-state index >= 15 is 0 Å². The Hall–Kier alpha value is -2.53. The number of aromatic nitrogens is 2. The average molecular weight is 399 g/mol. The van der Waals surface area contributed by atoms with Gasteiger partial charge < -0.3 is 9.22 Å². The molecule has 0 aliphatic carbocycles. The van der Waals surface area contributed by atoms with E-state index in [-0.39, 0.29) is 5.97 Å². The number of likely N-dealkylation sites (N-methyl/N-ethyl adjacent to an activating group) is 1. The zero-order valence-corrected chi connectivity index (χ0v) is 18.4. The molecule has 156 valence electrons. The Kier molecular flexibility index (Phi) is 8.52. The molecule has 5 nitrogen and oxygen atoms in total. The number of rotatable bonds is 11. The lowest BCUT2D eigenvalue weighted by Gasteiger charge is -2.29. The summed E-state index contributed by atoms with van der Waals surface area (Å²) in [7, 11) is 4.34. The molecule has 0 fully saturated rings. The predicted octanol–water partition coefficient (Wildman–Crippen LogP) is 2.92. The summed E-state index contributed by atoms with van der Waals surface area (Å²) in [5, 5.41) is 0. The van der Waals surface area contributed by atoms with E-state index in [2.05, 4.69) is 85.8 Å². The van der Waals surface area contributed by atoms with Crippen LogP contribution in [-0.4, -0.2) is 44.2 Å². The number of carbonyl (C=O) groups excluding carboxylic acids is 1. The number of pyridine rings is 2. The van der Waals surface area contributed by atoms with Crippen LogP contribution in [0.4, 0.5) is 0 Å². The van der Waals surface area contributed by atoms with Crippen LogP contribution >= 0.6 is 0 Å². The van der Waals surface area contributed by atoms with Crippen molar-refractivity contribution in [3.05, 3.63) is 61.2 Å². The Bertz CT molecular complexity index is 796. The number of nitrogens with zero attached hydrogens (tertiary/aromatic N) is 3. The lowest BCUT2D eigenvalue weighted by atomic mass is 10.1. The van der Waals surface area contributed by atoms with Crippen LogP contribution in [0.5, 0.6) is 0 Å². The first-order valence-corrected chi connectivity index (χ1v) is 10.4. The summed E-state index contributed by atoms with van der Waals surface area (Å²) in [5.41, 5.74) is 2.93. The summed E-state index contributed by atoms with van der Waals surface area (Å²) < 4.78 is 10.5. The molecule has 0 N–H and O–H groups in total. The number of hydrogen-bond donors (Lipinski definition) is 0. The van der Waals surface area contributed by atoms with Crippen LogP contribution in [0.3, 0.4) is 0 Å². The molecule has 0 bridgehead atoms. The first kappa shape index (κ1) is 22.8. The van der Waals surface area contributed by atoms with Crippen molar-refractivity contribution in [2.24, 2.45) is 0 Å². The lowest BCUT2D eigenvalue weighted by molar-refractivity contribution is -0.893. The number of ether oxygens (including phenoxy) is 1. The smallest absolute Gasteiger partial charge is 0.333 e. The quantitative estimate of drug-likeness (QED) is 0.252. The molecule has 0 unspecified atom stereocenters. The van der Waals surface area contributed by atoms with Gasteiger partial charge in [-0.05, 0) is 18.1 Å². The van der Waals surface area contributed by atoms with Crippen molar-refractivity contribution in [2.75, 3.05) is 33.8 Å².